The number of hydrogen-bond acceptors (Lipinski definition) is 6. The van der Waals surface area contributed by atoms with Gasteiger partial charge in [-0.15, -0.1) is 11.3 Å². The Morgan fingerprint density at radius 1 is 1.07 bits per heavy atom. The highest BCUT2D eigenvalue weighted by Gasteiger charge is 2.22. The zero-order chi connectivity index (χ0) is 21.3. The van der Waals surface area contributed by atoms with Crippen molar-refractivity contribution in [3.05, 3.63) is 59.5 Å². The Morgan fingerprint density at radius 2 is 1.77 bits per heavy atom. The van der Waals surface area contributed by atoms with Crippen LogP contribution in [0.2, 0.25) is 0 Å². The van der Waals surface area contributed by atoms with Crippen molar-refractivity contribution in [2.24, 2.45) is 0 Å². The fourth-order valence-electron chi connectivity index (χ4n) is 3.12. The van der Waals surface area contributed by atoms with Crippen LogP contribution in [0, 0.1) is 6.92 Å². The second-order valence-corrected chi connectivity index (χ2v) is 9.29. The normalized spacial score (nSPS) is 12.1. The van der Waals surface area contributed by atoms with Crippen LogP contribution in [0.4, 0.5) is 5.13 Å². The van der Waals surface area contributed by atoms with E-state index >= 15 is 0 Å². The van der Waals surface area contributed by atoms with Crippen LogP contribution in [-0.4, -0.2) is 31.6 Å². The zero-order valence-corrected chi connectivity index (χ0v) is 18.4. The van der Waals surface area contributed by atoms with Crippen LogP contribution in [0.25, 0.3) is 22.3 Å². The number of rotatable bonds is 5. The number of carbonyl (C=O) groups excluding carboxylic acids is 2. The summed E-state index contributed by atoms with van der Waals surface area (Å²) in [5.74, 6) is -0.322. The van der Waals surface area contributed by atoms with E-state index in [0.29, 0.717) is 10.3 Å². The van der Waals surface area contributed by atoms with Crippen molar-refractivity contribution in [3.63, 3.8) is 0 Å². The van der Waals surface area contributed by atoms with E-state index in [1.165, 1.54) is 30.0 Å². The molecule has 4 rings (SSSR count). The summed E-state index contributed by atoms with van der Waals surface area (Å²) in [5, 5.41) is 3.51. The molecule has 152 valence electrons. The first kappa shape index (κ1) is 20.3. The van der Waals surface area contributed by atoms with Crippen LogP contribution < -0.4 is 5.32 Å². The molecule has 2 aromatic heterocycles. The van der Waals surface area contributed by atoms with E-state index in [2.05, 4.69) is 15.3 Å². The van der Waals surface area contributed by atoms with E-state index in [1.807, 2.05) is 61.5 Å². The standard InChI is InChI=1S/C22H20N4O2S2/c1-13-19(16-9-5-4-6-10-16)24-21(29-13)25-20(28)14(2)30-22-23-17-11-7-8-12-18(17)26(22)15(3)27/h4-12,14H,1-3H3,(H,24,25,28). The molecule has 6 nitrogen and oxygen atoms in total. The molecule has 1 atom stereocenters. The van der Waals surface area contributed by atoms with Gasteiger partial charge in [-0.2, -0.15) is 0 Å². The van der Waals surface area contributed by atoms with Crippen LogP contribution in [0.1, 0.15) is 23.5 Å². The number of nitrogens with zero attached hydrogens (tertiary/aromatic N) is 3. The van der Waals surface area contributed by atoms with E-state index < -0.39 is 5.25 Å². The number of nitrogens with one attached hydrogen (secondary N) is 1. The van der Waals surface area contributed by atoms with Gasteiger partial charge >= 0.3 is 0 Å². The molecule has 0 bridgehead atoms. The van der Waals surface area contributed by atoms with Gasteiger partial charge in [-0.3, -0.25) is 14.2 Å². The molecule has 0 saturated heterocycles. The summed E-state index contributed by atoms with van der Waals surface area (Å²) < 4.78 is 1.55. The molecule has 0 saturated carbocycles. The molecule has 0 aliphatic rings. The summed E-state index contributed by atoms with van der Waals surface area (Å²) in [5.41, 5.74) is 3.35. The minimum Gasteiger partial charge on any atom is -0.301 e. The maximum atomic E-state index is 12.8. The molecule has 4 aromatic rings. The van der Waals surface area contributed by atoms with Gasteiger partial charge in [0.15, 0.2) is 10.3 Å². The molecule has 8 heteroatoms. The number of benzene rings is 2. The van der Waals surface area contributed by atoms with Gasteiger partial charge in [0.25, 0.3) is 0 Å². The largest absolute Gasteiger partial charge is 0.301 e. The number of imidazole rings is 1. The number of hydrogen-bond donors (Lipinski definition) is 1. The third-order valence-electron chi connectivity index (χ3n) is 4.57. The maximum Gasteiger partial charge on any atom is 0.239 e. The van der Waals surface area contributed by atoms with Crippen LogP contribution in [0.15, 0.2) is 59.8 Å². The lowest BCUT2D eigenvalue weighted by atomic mass is 10.1. The quantitative estimate of drug-likeness (QED) is 0.433. The first-order chi connectivity index (χ1) is 14.4. The predicted octanol–water partition coefficient (Wildman–Crippen LogP) is 5.25. The number of fused-ring (bicyclic) bond motifs is 1. The number of anilines is 1. The Hall–Kier alpha value is -2.97. The molecule has 30 heavy (non-hydrogen) atoms. The van der Waals surface area contributed by atoms with Crippen molar-refractivity contribution in [1.82, 2.24) is 14.5 Å². The number of aromatic nitrogens is 3. The summed E-state index contributed by atoms with van der Waals surface area (Å²) in [6, 6.07) is 17.3. The molecule has 2 heterocycles. The Labute approximate surface area is 182 Å². The minimum absolute atomic E-state index is 0.137. The second-order valence-electron chi connectivity index (χ2n) is 6.78. The highest BCUT2D eigenvalue weighted by atomic mass is 32.2. The molecular formula is C22H20N4O2S2. The van der Waals surface area contributed by atoms with Crippen molar-refractivity contribution in [3.8, 4) is 11.3 Å². The molecular weight excluding hydrogens is 416 g/mol. The summed E-state index contributed by atoms with van der Waals surface area (Å²) in [6.07, 6.45) is 0. The molecule has 0 aliphatic heterocycles. The number of amides is 1. The van der Waals surface area contributed by atoms with Gasteiger partial charge in [-0.25, -0.2) is 9.97 Å². The second kappa shape index (κ2) is 8.41. The maximum absolute atomic E-state index is 12.8. The van der Waals surface area contributed by atoms with Gasteiger partial charge in [-0.1, -0.05) is 54.2 Å². The van der Waals surface area contributed by atoms with E-state index in [4.69, 9.17) is 0 Å². The van der Waals surface area contributed by atoms with Crippen LogP contribution in [-0.2, 0) is 4.79 Å². The average molecular weight is 437 g/mol. The number of thiazole rings is 1. The molecule has 1 unspecified atom stereocenters. The van der Waals surface area contributed by atoms with Crippen molar-refractivity contribution in [2.75, 3.05) is 5.32 Å². The van der Waals surface area contributed by atoms with E-state index in [1.54, 1.807) is 11.5 Å². The van der Waals surface area contributed by atoms with Gasteiger partial charge in [0.1, 0.15) is 0 Å². The molecule has 0 aliphatic carbocycles. The van der Waals surface area contributed by atoms with E-state index in [0.717, 1.165) is 27.2 Å². The van der Waals surface area contributed by atoms with Crippen molar-refractivity contribution in [1.29, 1.82) is 0 Å². The Balaban J connectivity index is 1.52. The van der Waals surface area contributed by atoms with E-state index in [9.17, 15) is 9.59 Å². The van der Waals surface area contributed by atoms with Crippen molar-refractivity contribution < 1.29 is 9.59 Å². The Morgan fingerprint density at radius 3 is 2.50 bits per heavy atom. The fourth-order valence-corrected chi connectivity index (χ4v) is 4.92. The average Bonchev–Trinajstić information content (AvgIpc) is 3.28. The van der Waals surface area contributed by atoms with Crippen LogP contribution in [0.3, 0.4) is 0 Å². The van der Waals surface area contributed by atoms with Crippen molar-refractivity contribution >= 4 is 51.1 Å². The summed E-state index contributed by atoms with van der Waals surface area (Å²) in [7, 11) is 0. The number of para-hydroxylation sites is 2. The highest BCUT2D eigenvalue weighted by molar-refractivity contribution is 8.00. The first-order valence-electron chi connectivity index (χ1n) is 9.43. The molecule has 0 radical (unpaired) electrons. The summed E-state index contributed by atoms with van der Waals surface area (Å²) in [4.78, 5) is 35.1. The fraction of sp³-hybridized carbons (Fsp3) is 0.182. The molecule has 1 N–H and O–H groups in total. The predicted molar refractivity (Wildman–Crippen MR) is 122 cm³/mol. The topological polar surface area (TPSA) is 76.9 Å². The van der Waals surface area contributed by atoms with Gasteiger partial charge in [0.05, 0.1) is 22.0 Å². The summed E-state index contributed by atoms with van der Waals surface area (Å²) >= 11 is 2.70. The number of carbonyl (C=O) groups is 2. The lowest BCUT2D eigenvalue weighted by Crippen LogP contribution is -2.23. The summed E-state index contributed by atoms with van der Waals surface area (Å²) in [6.45, 7) is 5.28. The van der Waals surface area contributed by atoms with Gasteiger partial charge in [0.2, 0.25) is 11.8 Å². The van der Waals surface area contributed by atoms with Gasteiger partial charge in [-0.05, 0) is 26.0 Å². The smallest absolute Gasteiger partial charge is 0.239 e. The lowest BCUT2D eigenvalue weighted by molar-refractivity contribution is -0.115. The zero-order valence-electron chi connectivity index (χ0n) is 16.7. The minimum atomic E-state index is -0.454. The van der Waals surface area contributed by atoms with Crippen LogP contribution >= 0.6 is 23.1 Å². The Kier molecular flexibility index (Phi) is 5.69. The molecule has 2 aromatic carbocycles. The molecule has 1 amide bonds. The van der Waals surface area contributed by atoms with Crippen molar-refractivity contribution in [2.45, 2.75) is 31.2 Å². The highest BCUT2D eigenvalue weighted by Crippen LogP contribution is 2.32. The number of aryl methyl sites for hydroxylation is 1. The SMILES string of the molecule is CC(=O)n1c(SC(C)C(=O)Nc2nc(-c3ccccc3)c(C)s2)nc2ccccc21. The lowest BCUT2D eigenvalue weighted by Gasteiger charge is -2.10. The van der Waals surface area contributed by atoms with Gasteiger partial charge < -0.3 is 5.32 Å². The molecule has 0 spiro atoms. The third kappa shape index (κ3) is 4.01. The number of thioether (sulfide) groups is 1. The monoisotopic (exact) mass is 436 g/mol. The first-order valence-corrected chi connectivity index (χ1v) is 11.1. The van der Waals surface area contributed by atoms with Crippen LogP contribution in [0.5, 0.6) is 0 Å². The van der Waals surface area contributed by atoms with Gasteiger partial charge in [0, 0.05) is 17.4 Å². The molecule has 0 fully saturated rings. The Bertz CT molecular complexity index is 1230. The third-order valence-corrected chi connectivity index (χ3v) is 6.51. The van der Waals surface area contributed by atoms with E-state index in [-0.39, 0.29) is 11.8 Å².